The maximum absolute atomic E-state index is 5.78. The van der Waals surface area contributed by atoms with E-state index in [2.05, 4.69) is 22.3 Å². The molecule has 25 heavy (non-hydrogen) atoms. The Morgan fingerprint density at radius 1 is 0.880 bits per heavy atom. The van der Waals surface area contributed by atoms with Gasteiger partial charge in [0, 0.05) is 50.4 Å². The van der Waals surface area contributed by atoms with Crippen LogP contribution in [-0.2, 0) is 13.1 Å². The Labute approximate surface area is 150 Å². The van der Waals surface area contributed by atoms with Crippen molar-refractivity contribution in [2.75, 3.05) is 40.4 Å². The van der Waals surface area contributed by atoms with Crippen LogP contribution in [0, 0.1) is 0 Å². The molecule has 0 saturated carbocycles. The molecule has 3 N–H and O–H groups in total. The number of benzene rings is 2. The zero-order valence-corrected chi connectivity index (χ0v) is 15.2. The molecule has 0 saturated heterocycles. The van der Waals surface area contributed by atoms with Gasteiger partial charge in [0.1, 0.15) is 11.5 Å². The third kappa shape index (κ3) is 6.05. The van der Waals surface area contributed by atoms with Gasteiger partial charge in [0.15, 0.2) is 0 Å². The number of hydrogen-bond acceptors (Lipinski definition) is 5. The fourth-order valence-corrected chi connectivity index (χ4v) is 2.84. The molecule has 2 rings (SSSR count). The molecule has 0 heterocycles. The molecular weight excluding hydrogens is 314 g/mol. The van der Waals surface area contributed by atoms with E-state index in [1.54, 1.807) is 14.2 Å². The van der Waals surface area contributed by atoms with Crippen molar-refractivity contribution in [1.29, 1.82) is 0 Å². The quantitative estimate of drug-likeness (QED) is 0.613. The summed E-state index contributed by atoms with van der Waals surface area (Å²) in [6.45, 7) is 4.92. The molecule has 0 radical (unpaired) electrons. The van der Waals surface area contributed by atoms with Crippen molar-refractivity contribution in [3.8, 4) is 11.5 Å². The highest BCUT2D eigenvalue weighted by molar-refractivity contribution is 5.33. The summed E-state index contributed by atoms with van der Waals surface area (Å²) in [5.74, 6) is 1.84. The zero-order valence-electron chi connectivity index (χ0n) is 15.2. The smallest absolute Gasteiger partial charge is 0.123 e. The summed E-state index contributed by atoms with van der Waals surface area (Å²) in [5, 5.41) is 3.49. The number of methoxy groups -OCH3 is 2. The molecule has 2 aromatic carbocycles. The Bertz CT molecular complexity index is 634. The van der Waals surface area contributed by atoms with Crippen LogP contribution in [0.15, 0.2) is 48.5 Å². The molecule has 0 aromatic heterocycles. The van der Waals surface area contributed by atoms with Crippen LogP contribution in [0.25, 0.3) is 0 Å². The Morgan fingerprint density at radius 2 is 1.48 bits per heavy atom. The molecule has 0 fully saturated rings. The van der Waals surface area contributed by atoms with Crippen molar-refractivity contribution < 1.29 is 9.47 Å². The van der Waals surface area contributed by atoms with E-state index in [-0.39, 0.29) is 0 Å². The normalized spacial score (nSPS) is 10.9. The number of ether oxygens (including phenoxy) is 2. The van der Waals surface area contributed by atoms with Crippen LogP contribution in [0.5, 0.6) is 11.5 Å². The van der Waals surface area contributed by atoms with Gasteiger partial charge in [-0.05, 0) is 12.1 Å². The molecule has 0 unspecified atom stereocenters. The van der Waals surface area contributed by atoms with E-state index in [1.165, 1.54) is 11.1 Å². The van der Waals surface area contributed by atoms with Crippen molar-refractivity contribution in [3.05, 3.63) is 59.7 Å². The van der Waals surface area contributed by atoms with Crippen molar-refractivity contribution in [3.63, 3.8) is 0 Å². The van der Waals surface area contributed by atoms with Crippen LogP contribution < -0.4 is 20.5 Å². The van der Waals surface area contributed by atoms with Gasteiger partial charge >= 0.3 is 0 Å². The van der Waals surface area contributed by atoms with Crippen LogP contribution in [0.3, 0.4) is 0 Å². The molecule has 0 aliphatic carbocycles. The SMILES string of the molecule is COc1ccccc1CNCCN(CCN)Cc1ccccc1OC. The Hall–Kier alpha value is -2.08. The lowest BCUT2D eigenvalue weighted by molar-refractivity contribution is 0.267. The maximum atomic E-state index is 5.78. The van der Waals surface area contributed by atoms with Gasteiger partial charge in [-0.2, -0.15) is 0 Å². The fraction of sp³-hybridized carbons (Fsp3) is 0.400. The predicted molar refractivity (Wildman–Crippen MR) is 102 cm³/mol. The molecule has 2 aromatic rings. The lowest BCUT2D eigenvalue weighted by Crippen LogP contribution is -2.35. The second-order valence-corrected chi connectivity index (χ2v) is 5.87. The lowest BCUT2D eigenvalue weighted by atomic mass is 10.2. The number of nitrogens with one attached hydrogen (secondary N) is 1. The van der Waals surface area contributed by atoms with Gasteiger partial charge in [-0.3, -0.25) is 4.90 Å². The number of para-hydroxylation sites is 2. The predicted octanol–water partition coefficient (Wildman–Crippen LogP) is 2.25. The monoisotopic (exact) mass is 343 g/mol. The van der Waals surface area contributed by atoms with Gasteiger partial charge in [0.2, 0.25) is 0 Å². The highest BCUT2D eigenvalue weighted by Crippen LogP contribution is 2.19. The standard InChI is InChI=1S/C20H29N3O2/c1-24-19-9-5-3-7-17(19)15-22-12-14-23(13-11-21)16-18-8-4-6-10-20(18)25-2/h3-10,22H,11-16,21H2,1-2H3. The summed E-state index contributed by atoms with van der Waals surface area (Å²) in [7, 11) is 3.41. The van der Waals surface area contributed by atoms with Gasteiger partial charge < -0.3 is 20.5 Å². The van der Waals surface area contributed by atoms with Gasteiger partial charge in [0.05, 0.1) is 14.2 Å². The van der Waals surface area contributed by atoms with Crippen LogP contribution in [-0.4, -0.2) is 45.3 Å². The highest BCUT2D eigenvalue weighted by atomic mass is 16.5. The van der Waals surface area contributed by atoms with Crippen molar-refractivity contribution in [2.24, 2.45) is 5.73 Å². The Kier molecular flexibility index (Phi) is 8.25. The first kappa shape index (κ1) is 19.2. The minimum absolute atomic E-state index is 0.641. The molecule has 0 aliphatic heterocycles. The summed E-state index contributed by atoms with van der Waals surface area (Å²) < 4.78 is 10.8. The van der Waals surface area contributed by atoms with Gasteiger partial charge in [-0.1, -0.05) is 36.4 Å². The van der Waals surface area contributed by atoms with E-state index in [4.69, 9.17) is 15.2 Å². The maximum Gasteiger partial charge on any atom is 0.123 e. The molecule has 0 amide bonds. The van der Waals surface area contributed by atoms with Crippen LogP contribution >= 0.6 is 0 Å². The average Bonchev–Trinajstić information content (AvgIpc) is 2.66. The molecule has 0 atom stereocenters. The summed E-state index contributed by atoms with van der Waals surface area (Å²) in [6, 6.07) is 16.2. The highest BCUT2D eigenvalue weighted by Gasteiger charge is 2.09. The number of hydrogen-bond donors (Lipinski definition) is 2. The first-order valence-corrected chi connectivity index (χ1v) is 8.65. The van der Waals surface area contributed by atoms with Crippen LogP contribution in [0.1, 0.15) is 11.1 Å². The number of nitrogens with two attached hydrogens (primary N) is 1. The van der Waals surface area contributed by atoms with E-state index < -0.39 is 0 Å². The zero-order chi connectivity index (χ0) is 17.9. The summed E-state index contributed by atoms with van der Waals surface area (Å²) in [6.07, 6.45) is 0. The van der Waals surface area contributed by atoms with Crippen molar-refractivity contribution >= 4 is 0 Å². The Morgan fingerprint density at radius 3 is 2.12 bits per heavy atom. The van der Waals surface area contributed by atoms with E-state index in [9.17, 15) is 0 Å². The molecule has 5 heteroatoms. The molecular formula is C20H29N3O2. The summed E-state index contributed by atoms with van der Waals surface area (Å²) in [4.78, 5) is 2.34. The van der Waals surface area contributed by atoms with Crippen LogP contribution in [0.4, 0.5) is 0 Å². The first-order chi connectivity index (χ1) is 12.3. The summed E-state index contributed by atoms with van der Waals surface area (Å²) >= 11 is 0. The van der Waals surface area contributed by atoms with E-state index in [0.717, 1.165) is 44.2 Å². The van der Waals surface area contributed by atoms with E-state index in [0.29, 0.717) is 6.54 Å². The first-order valence-electron chi connectivity index (χ1n) is 8.65. The summed E-state index contributed by atoms with van der Waals surface area (Å²) in [5.41, 5.74) is 8.13. The van der Waals surface area contributed by atoms with E-state index in [1.807, 2.05) is 36.4 Å². The van der Waals surface area contributed by atoms with E-state index >= 15 is 0 Å². The molecule has 5 nitrogen and oxygen atoms in total. The van der Waals surface area contributed by atoms with Crippen molar-refractivity contribution in [2.45, 2.75) is 13.1 Å². The Balaban J connectivity index is 1.85. The third-order valence-electron chi connectivity index (χ3n) is 4.14. The fourth-order valence-electron chi connectivity index (χ4n) is 2.84. The molecule has 0 bridgehead atoms. The topological polar surface area (TPSA) is 59.8 Å². The minimum Gasteiger partial charge on any atom is -0.496 e. The largest absolute Gasteiger partial charge is 0.496 e. The second-order valence-electron chi connectivity index (χ2n) is 5.87. The molecule has 0 spiro atoms. The number of rotatable bonds is 11. The lowest BCUT2D eigenvalue weighted by Gasteiger charge is -2.23. The van der Waals surface area contributed by atoms with Crippen LogP contribution in [0.2, 0.25) is 0 Å². The van der Waals surface area contributed by atoms with Gasteiger partial charge in [-0.15, -0.1) is 0 Å². The molecule has 0 aliphatic rings. The second kappa shape index (κ2) is 10.7. The van der Waals surface area contributed by atoms with Crippen molar-refractivity contribution in [1.82, 2.24) is 10.2 Å². The van der Waals surface area contributed by atoms with Gasteiger partial charge in [0.25, 0.3) is 0 Å². The molecule has 136 valence electrons. The van der Waals surface area contributed by atoms with Gasteiger partial charge in [-0.25, -0.2) is 0 Å². The minimum atomic E-state index is 0.641. The number of nitrogens with zero attached hydrogens (tertiary/aromatic N) is 1. The average molecular weight is 343 g/mol. The third-order valence-corrected chi connectivity index (χ3v) is 4.14.